The van der Waals surface area contributed by atoms with Gasteiger partial charge in [-0.2, -0.15) is 0 Å². The molecule has 28 heavy (non-hydrogen) atoms. The predicted octanol–water partition coefficient (Wildman–Crippen LogP) is 3.40. The lowest BCUT2D eigenvalue weighted by Gasteiger charge is -2.46. The number of H-pyrrole nitrogens is 1. The molecule has 3 aromatic rings. The van der Waals surface area contributed by atoms with E-state index in [1.54, 1.807) is 36.5 Å². The van der Waals surface area contributed by atoms with Crippen molar-refractivity contribution < 1.29 is 13.5 Å². The Morgan fingerprint density at radius 1 is 1.00 bits per heavy atom. The van der Waals surface area contributed by atoms with E-state index >= 15 is 0 Å². The maximum absolute atomic E-state index is 13.8. The summed E-state index contributed by atoms with van der Waals surface area (Å²) >= 11 is 0. The Hall–Kier alpha value is -2.57. The van der Waals surface area contributed by atoms with Gasteiger partial charge in [0.15, 0.2) is 0 Å². The summed E-state index contributed by atoms with van der Waals surface area (Å²) in [5.74, 6) is 0.117. The van der Waals surface area contributed by atoms with Crippen LogP contribution >= 0.6 is 0 Å². The second kappa shape index (κ2) is 6.50. The SMILES string of the molecule is O=S(=O)(C(=C1C(O)C2CCN1CC2)c1c[nH]c2ccccc12)c1ccccc1. The molecule has 3 fully saturated rings. The van der Waals surface area contributed by atoms with Gasteiger partial charge >= 0.3 is 0 Å². The Balaban J connectivity index is 1.83. The van der Waals surface area contributed by atoms with Gasteiger partial charge in [0.25, 0.3) is 0 Å². The number of para-hydroxylation sites is 1. The van der Waals surface area contributed by atoms with Gasteiger partial charge in [0.2, 0.25) is 9.84 Å². The van der Waals surface area contributed by atoms with Crippen LogP contribution in [0, 0.1) is 5.92 Å². The highest BCUT2D eigenvalue weighted by atomic mass is 32.2. The first-order chi connectivity index (χ1) is 13.6. The van der Waals surface area contributed by atoms with Crippen molar-refractivity contribution in [3.8, 4) is 0 Å². The van der Waals surface area contributed by atoms with Crippen LogP contribution in [-0.4, -0.2) is 42.6 Å². The fourth-order valence-electron chi connectivity index (χ4n) is 4.54. The lowest BCUT2D eigenvalue weighted by molar-refractivity contribution is 0.0211. The van der Waals surface area contributed by atoms with Crippen LogP contribution in [0.5, 0.6) is 0 Å². The van der Waals surface area contributed by atoms with Gasteiger partial charge in [-0.1, -0.05) is 36.4 Å². The minimum atomic E-state index is -3.81. The lowest BCUT2D eigenvalue weighted by atomic mass is 9.83. The molecular formula is C22H22N2O3S. The average molecular weight is 394 g/mol. The molecular weight excluding hydrogens is 372 g/mol. The molecule has 144 valence electrons. The van der Waals surface area contributed by atoms with Crippen molar-refractivity contribution >= 4 is 25.6 Å². The fourth-order valence-corrected chi connectivity index (χ4v) is 6.28. The number of hydrogen-bond acceptors (Lipinski definition) is 4. The normalized spacial score (nSPS) is 24.0. The maximum atomic E-state index is 13.8. The van der Waals surface area contributed by atoms with Gasteiger partial charge < -0.3 is 15.0 Å². The summed E-state index contributed by atoms with van der Waals surface area (Å²) in [4.78, 5) is 5.73. The number of aliphatic hydroxyl groups excluding tert-OH is 1. The monoisotopic (exact) mass is 394 g/mol. The maximum Gasteiger partial charge on any atom is 0.209 e. The molecule has 6 heteroatoms. The molecule has 0 saturated carbocycles. The first-order valence-corrected chi connectivity index (χ1v) is 11.1. The summed E-state index contributed by atoms with van der Waals surface area (Å²) in [6.07, 6.45) is 2.79. The molecule has 0 aliphatic carbocycles. The van der Waals surface area contributed by atoms with E-state index in [0.29, 0.717) is 11.3 Å². The van der Waals surface area contributed by atoms with Gasteiger partial charge in [0.05, 0.1) is 16.7 Å². The van der Waals surface area contributed by atoms with E-state index in [4.69, 9.17) is 0 Å². The predicted molar refractivity (Wildman–Crippen MR) is 109 cm³/mol. The Morgan fingerprint density at radius 2 is 1.68 bits per heavy atom. The molecule has 3 aliphatic rings. The van der Waals surface area contributed by atoms with Crippen molar-refractivity contribution in [1.82, 2.24) is 9.88 Å². The van der Waals surface area contributed by atoms with Crippen LogP contribution in [0.15, 0.2) is 71.4 Å². The number of hydrogen-bond donors (Lipinski definition) is 2. The van der Waals surface area contributed by atoms with E-state index in [2.05, 4.69) is 9.88 Å². The van der Waals surface area contributed by atoms with Crippen LogP contribution in [0.3, 0.4) is 0 Å². The summed E-state index contributed by atoms with van der Waals surface area (Å²) < 4.78 is 27.6. The van der Waals surface area contributed by atoms with Crippen LogP contribution in [0.2, 0.25) is 0 Å². The van der Waals surface area contributed by atoms with E-state index in [1.807, 2.05) is 24.3 Å². The quantitative estimate of drug-likeness (QED) is 0.714. The number of nitrogens with zero attached hydrogens (tertiary/aromatic N) is 1. The smallest absolute Gasteiger partial charge is 0.209 e. The third-order valence-corrected chi connectivity index (χ3v) is 7.85. The van der Waals surface area contributed by atoms with Gasteiger partial charge in [-0.15, -0.1) is 0 Å². The molecule has 2 bridgehead atoms. The molecule has 0 radical (unpaired) electrons. The number of aromatic nitrogens is 1. The Kier molecular flexibility index (Phi) is 4.07. The third-order valence-electron chi connectivity index (χ3n) is 6.00. The minimum absolute atomic E-state index is 0.117. The Bertz CT molecular complexity index is 1150. The van der Waals surface area contributed by atoms with E-state index in [-0.39, 0.29) is 15.7 Å². The molecule has 0 amide bonds. The summed E-state index contributed by atoms with van der Waals surface area (Å²) in [7, 11) is -3.81. The number of benzene rings is 2. The van der Waals surface area contributed by atoms with E-state index in [1.165, 1.54) is 0 Å². The average Bonchev–Trinajstić information content (AvgIpc) is 3.15. The molecule has 3 saturated heterocycles. The number of piperidine rings is 3. The third kappa shape index (κ3) is 2.59. The van der Waals surface area contributed by atoms with E-state index < -0.39 is 15.9 Å². The molecule has 1 unspecified atom stereocenters. The number of rotatable bonds is 3. The number of fused-ring (bicyclic) bond motifs is 4. The van der Waals surface area contributed by atoms with Crippen molar-refractivity contribution in [3.05, 3.63) is 72.1 Å². The van der Waals surface area contributed by atoms with Gasteiger partial charge in [0, 0.05) is 35.8 Å². The largest absolute Gasteiger partial charge is 0.387 e. The van der Waals surface area contributed by atoms with Gasteiger partial charge in [-0.05, 0) is 37.0 Å². The summed E-state index contributed by atoms with van der Waals surface area (Å²) in [5.41, 5.74) is 2.06. The molecule has 6 rings (SSSR count). The summed E-state index contributed by atoms with van der Waals surface area (Å²) in [6.45, 7) is 1.57. The highest BCUT2D eigenvalue weighted by molar-refractivity contribution is 8.00. The molecule has 5 nitrogen and oxygen atoms in total. The van der Waals surface area contributed by atoms with Crippen LogP contribution in [0.1, 0.15) is 18.4 Å². The second-order valence-electron chi connectivity index (χ2n) is 7.55. The summed E-state index contributed by atoms with van der Waals surface area (Å²) in [6, 6.07) is 16.2. The lowest BCUT2D eigenvalue weighted by Crippen LogP contribution is -2.49. The Morgan fingerprint density at radius 3 is 2.39 bits per heavy atom. The minimum Gasteiger partial charge on any atom is -0.387 e. The summed E-state index contributed by atoms with van der Waals surface area (Å²) in [5, 5.41) is 11.9. The zero-order valence-electron chi connectivity index (χ0n) is 15.4. The first-order valence-electron chi connectivity index (χ1n) is 9.61. The van der Waals surface area contributed by atoms with Crippen LogP contribution in [0.25, 0.3) is 15.8 Å². The highest BCUT2D eigenvalue weighted by Gasteiger charge is 2.42. The molecule has 1 atom stereocenters. The zero-order chi connectivity index (χ0) is 19.3. The van der Waals surface area contributed by atoms with Crippen molar-refractivity contribution in [3.63, 3.8) is 0 Å². The van der Waals surface area contributed by atoms with Crippen LogP contribution in [-0.2, 0) is 9.84 Å². The van der Waals surface area contributed by atoms with E-state index in [9.17, 15) is 13.5 Å². The van der Waals surface area contributed by atoms with Gasteiger partial charge in [-0.3, -0.25) is 0 Å². The zero-order valence-corrected chi connectivity index (χ0v) is 16.2. The van der Waals surface area contributed by atoms with Gasteiger partial charge in [-0.25, -0.2) is 8.42 Å². The van der Waals surface area contributed by atoms with Crippen LogP contribution in [0.4, 0.5) is 0 Å². The molecule has 1 aromatic heterocycles. The standard InChI is InChI=1S/C22H22N2O3S/c25-21-15-10-12-24(13-11-15)20(21)22(28(26,27)16-6-2-1-3-7-16)18-14-23-19-9-5-4-8-17(18)19/h1-9,14-15,21,23,25H,10-13H2. The number of aliphatic hydroxyl groups is 1. The Labute approximate surface area is 164 Å². The first kappa shape index (κ1) is 17.5. The van der Waals surface area contributed by atoms with Crippen molar-refractivity contribution in [1.29, 1.82) is 0 Å². The van der Waals surface area contributed by atoms with Crippen molar-refractivity contribution in [2.24, 2.45) is 5.92 Å². The highest BCUT2D eigenvalue weighted by Crippen LogP contribution is 2.43. The number of nitrogens with one attached hydrogen (secondary N) is 1. The fraction of sp³-hybridized carbons (Fsp3) is 0.273. The topological polar surface area (TPSA) is 73.4 Å². The molecule has 2 N–H and O–H groups in total. The number of sulfone groups is 1. The molecule has 4 heterocycles. The van der Waals surface area contributed by atoms with Crippen molar-refractivity contribution in [2.45, 2.75) is 23.8 Å². The number of aromatic amines is 1. The molecule has 2 aromatic carbocycles. The van der Waals surface area contributed by atoms with Gasteiger partial charge in [0.1, 0.15) is 4.91 Å². The van der Waals surface area contributed by atoms with Crippen LogP contribution < -0.4 is 0 Å². The van der Waals surface area contributed by atoms with E-state index in [0.717, 1.165) is 36.8 Å². The van der Waals surface area contributed by atoms with Crippen molar-refractivity contribution in [2.75, 3.05) is 13.1 Å². The second-order valence-corrected chi connectivity index (χ2v) is 9.43. The molecule has 3 aliphatic heterocycles. The molecule has 0 spiro atoms.